The predicted octanol–water partition coefficient (Wildman–Crippen LogP) is -1.79. The second-order valence-electron chi connectivity index (χ2n) is 6.97. The lowest BCUT2D eigenvalue weighted by atomic mass is 10.1. The van der Waals surface area contributed by atoms with E-state index in [4.69, 9.17) is 4.74 Å². The van der Waals surface area contributed by atoms with Crippen molar-refractivity contribution in [3.63, 3.8) is 0 Å². The summed E-state index contributed by atoms with van der Waals surface area (Å²) in [5, 5.41) is 0. The lowest BCUT2D eigenvalue weighted by molar-refractivity contribution is -0.908. The summed E-state index contributed by atoms with van der Waals surface area (Å²) in [6.45, 7) is 11.3. The summed E-state index contributed by atoms with van der Waals surface area (Å²) in [6.07, 6.45) is 4.61. The van der Waals surface area contributed by atoms with Gasteiger partial charge in [0.1, 0.15) is 25.3 Å². The first-order valence-electron chi connectivity index (χ1n) is 8.61. The van der Waals surface area contributed by atoms with Gasteiger partial charge in [0.25, 0.3) is 5.91 Å². The number of hydrogen-bond donors (Lipinski definition) is 2. The molecule has 2 aliphatic rings. The van der Waals surface area contributed by atoms with E-state index >= 15 is 0 Å². The maximum Gasteiger partial charge on any atom is 0.277 e. The van der Waals surface area contributed by atoms with E-state index in [1.807, 2.05) is 11.9 Å². The molecular formula is C16H33N3O2+2. The quantitative estimate of drug-likeness (QED) is 0.629. The smallest absolute Gasteiger partial charge is 0.277 e. The Kier molecular flexibility index (Phi) is 6.45. The van der Waals surface area contributed by atoms with E-state index in [9.17, 15) is 4.79 Å². The zero-order valence-electron chi connectivity index (χ0n) is 14.0. The number of likely N-dealkylation sites (N-methyl/N-ethyl adjacent to an activating group) is 1. The third kappa shape index (κ3) is 5.57. The lowest BCUT2D eigenvalue weighted by Crippen LogP contribution is -3.16. The number of carbonyl (C=O) groups is 1. The largest absolute Gasteiger partial charge is 0.364 e. The molecule has 0 aliphatic carbocycles. The Morgan fingerprint density at radius 1 is 1.10 bits per heavy atom. The van der Waals surface area contributed by atoms with Crippen molar-refractivity contribution >= 4 is 5.91 Å². The topological polar surface area (TPSA) is 38.4 Å². The molecule has 122 valence electrons. The van der Waals surface area contributed by atoms with Crippen molar-refractivity contribution in [2.24, 2.45) is 0 Å². The number of rotatable bonds is 5. The Balaban J connectivity index is 1.69. The van der Waals surface area contributed by atoms with Crippen molar-refractivity contribution in [1.82, 2.24) is 4.90 Å². The number of amides is 1. The van der Waals surface area contributed by atoms with Crippen molar-refractivity contribution < 1.29 is 19.3 Å². The highest BCUT2D eigenvalue weighted by atomic mass is 16.5. The molecule has 0 unspecified atom stereocenters. The highest BCUT2D eigenvalue weighted by Gasteiger charge is 2.28. The maximum atomic E-state index is 12.4. The highest BCUT2D eigenvalue weighted by molar-refractivity contribution is 5.76. The van der Waals surface area contributed by atoms with E-state index in [1.165, 1.54) is 37.3 Å². The second-order valence-corrected chi connectivity index (χ2v) is 6.97. The Bertz CT molecular complexity index is 321. The zero-order valence-corrected chi connectivity index (χ0v) is 14.0. The van der Waals surface area contributed by atoms with Crippen molar-refractivity contribution in [1.29, 1.82) is 0 Å². The molecule has 0 aromatic heterocycles. The summed E-state index contributed by atoms with van der Waals surface area (Å²) in [7, 11) is 1.96. The van der Waals surface area contributed by atoms with Crippen LogP contribution in [0.15, 0.2) is 0 Å². The normalized spacial score (nSPS) is 31.1. The number of carbonyl (C=O) groups excluding carboxylic acids is 1. The number of morpholine rings is 1. The lowest BCUT2D eigenvalue weighted by Gasteiger charge is -2.33. The van der Waals surface area contributed by atoms with Gasteiger partial charge in [-0.05, 0) is 33.1 Å². The minimum absolute atomic E-state index is 0.264. The number of nitrogens with zero attached hydrogens (tertiary/aromatic N) is 1. The fraction of sp³-hybridized carbons (Fsp3) is 0.938. The molecule has 2 saturated heterocycles. The van der Waals surface area contributed by atoms with Crippen LogP contribution in [0, 0.1) is 0 Å². The maximum absolute atomic E-state index is 12.4. The van der Waals surface area contributed by atoms with Crippen LogP contribution in [0.5, 0.6) is 0 Å². The summed E-state index contributed by atoms with van der Waals surface area (Å²) in [6, 6.07) is 0. The summed E-state index contributed by atoms with van der Waals surface area (Å²) in [4.78, 5) is 17.3. The number of ether oxygens (including phenoxy) is 1. The van der Waals surface area contributed by atoms with Crippen molar-refractivity contribution in [2.75, 3.05) is 52.9 Å². The Morgan fingerprint density at radius 3 is 2.33 bits per heavy atom. The van der Waals surface area contributed by atoms with Crippen molar-refractivity contribution in [3.8, 4) is 0 Å². The summed E-state index contributed by atoms with van der Waals surface area (Å²) < 4.78 is 5.74. The van der Waals surface area contributed by atoms with Gasteiger partial charge >= 0.3 is 0 Å². The van der Waals surface area contributed by atoms with Crippen molar-refractivity contribution in [2.45, 2.75) is 45.3 Å². The van der Waals surface area contributed by atoms with Gasteiger partial charge in [-0.15, -0.1) is 0 Å². The molecule has 2 heterocycles. The molecule has 0 aromatic carbocycles. The molecule has 5 nitrogen and oxygen atoms in total. The molecular weight excluding hydrogens is 266 g/mol. The van der Waals surface area contributed by atoms with Crippen LogP contribution in [-0.4, -0.2) is 75.9 Å². The van der Waals surface area contributed by atoms with Crippen molar-refractivity contribution in [3.05, 3.63) is 0 Å². The molecule has 0 spiro atoms. The first kappa shape index (κ1) is 16.7. The molecule has 2 fully saturated rings. The molecule has 21 heavy (non-hydrogen) atoms. The first-order chi connectivity index (χ1) is 10.0. The minimum Gasteiger partial charge on any atom is -0.364 e. The number of hydrogen-bond acceptors (Lipinski definition) is 2. The number of piperidine rings is 1. The zero-order chi connectivity index (χ0) is 15.2. The van der Waals surface area contributed by atoms with Gasteiger partial charge in [-0.3, -0.25) is 4.79 Å². The van der Waals surface area contributed by atoms with E-state index in [2.05, 4.69) is 13.8 Å². The molecule has 2 atom stereocenters. The van der Waals surface area contributed by atoms with Crippen LogP contribution >= 0.6 is 0 Å². The van der Waals surface area contributed by atoms with Gasteiger partial charge < -0.3 is 19.4 Å². The summed E-state index contributed by atoms with van der Waals surface area (Å²) in [5.74, 6) is 0.280. The van der Waals surface area contributed by atoms with Gasteiger partial charge in [0.2, 0.25) is 0 Å². The molecule has 0 bridgehead atoms. The SMILES string of the molecule is C[C@@H]1C[NH+](CC(=O)N(C)CC[NH+]2CCCCC2)C[C@@H](C)O1. The fourth-order valence-corrected chi connectivity index (χ4v) is 3.63. The third-order valence-electron chi connectivity index (χ3n) is 4.81. The van der Waals surface area contributed by atoms with Gasteiger partial charge in [-0.25, -0.2) is 0 Å². The third-order valence-corrected chi connectivity index (χ3v) is 4.81. The first-order valence-corrected chi connectivity index (χ1v) is 8.61. The van der Waals surface area contributed by atoms with E-state index < -0.39 is 0 Å². The van der Waals surface area contributed by atoms with Gasteiger partial charge in [0.05, 0.1) is 26.2 Å². The molecule has 2 rings (SSSR count). The predicted molar refractivity (Wildman–Crippen MR) is 82.6 cm³/mol. The standard InChI is InChI=1S/C16H31N3O2/c1-14-11-19(12-15(2)21-14)13-16(20)17(3)9-10-18-7-5-4-6-8-18/h14-15H,4-13H2,1-3H3/p+2/t14-,15-/m1/s1. The Morgan fingerprint density at radius 2 is 1.71 bits per heavy atom. The molecule has 0 aromatic rings. The highest BCUT2D eigenvalue weighted by Crippen LogP contribution is 1.98. The van der Waals surface area contributed by atoms with Crippen LogP contribution in [-0.2, 0) is 9.53 Å². The monoisotopic (exact) mass is 299 g/mol. The molecule has 2 N–H and O–H groups in total. The second kappa shape index (κ2) is 8.11. The average Bonchev–Trinajstić information content (AvgIpc) is 2.44. The van der Waals surface area contributed by atoms with Gasteiger partial charge in [-0.2, -0.15) is 0 Å². The van der Waals surface area contributed by atoms with E-state index in [-0.39, 0.29) is 18.1 Å². The number of likely N-dealkylation sites (tertiary alicyclic amines) is 1. The number of nitrogens with one attached hydrogen (secondary N) is 2. The fourth-order valence-electron chi connectivity index (χ4n) is 3.63. The molecule has 0 radical (unpaired) electrons. The molecule has 0 saturated carbocycles. The minimum atomic E-state index is 0.264. The van der Waals surface area contributed by atoms with Gasteiger partial charge in [-0.1, -0.05) is 0 Å². The van der Waals surface area contributed by atoms with Crippen LogP contribution in [0.3, 0.4) is 0 Å². The molecule has 5 heteroatoms. The average molecular weight is 299 g/mol. The molecule has 2 aliphatic heterocycles. The Labute approximate surface area is 129 Å². The van der Waals surface area contributed by atoms with Gasteiger partial charge in [0, 0.05) is 7.05 Å². The Hall–Kier alpha value is -0.650. The van der Waals surface area contributed by atoms with Crippen LogP contribution in [0.4, 0.5) is 0 Å². The van der Waals surface area contributed by atoms with E-state index in [0.717, 1.165) is 26.2 Å². The van der Waals surface area contributed by atoms with Crippen LogP contribution in [0.2, 0.25) is 0 Å². The van der Waals surface area contributed by atoms with Crippen LogP contribution in [0.25, 0.3) is 0 Å². The number of quaternary nitrogens is 2. The van der Waals surface area contributed by atoms with Crippen LogP contribution in [0.1, 0.15) is 33.1 Å². The molecule has 1 amide bonds. The summed E-state index contributed by atoms with van der Waals surface area (Å²) in [5.41, 5.74) is 0. The van der Waals surface area contributed by atoms with Gasteiger partial charge in [0.15, 0.2) is 6.54 Å². The van der Waals surface area contributed by atoms with Crippen LogP contribution < -0.4 is 9.80 Å². The van der Waals surface area contributed by atoms with E-state index in [0.29, 0.717) is 6.54 Å². The summed E-state index contributed by atoms with van der Waals surface area (Å²) >= 11 is 0. The van der Waals surface area contributed by atoms with E-state index in [1.54, 1.807) is 4.90 Å².